The second kappa shape index (κ2) is 15.6. The number of aliphatic hydroxyl groups excluding tert-OH is 1. The van der Waals surface area contributed by atoms with Crippen molar-refractivity contribution >= 4 is 23.5 Å². The Kier molecular flexibility index (Phi) is 11.9. The Bertz CT molecular complexity index is 1360. The molecule has 3 N–H and O–H groups in total. The Morgan fingerprint density at radius 2 is 1.59 bits per heavy atom. The van der Waals surface area contributed by atoms with Crippen LogP contribution in [0.25, 0.3) is 11.3 Å². The summed E-state index contributed by atoms with van der Waals surface area (Å²) in [7, 11) is 0. The molecule has 0 radical (unpaired) electrons. The fraction of sp³-hybridized carbons (Fsp3) is 0.281. The third kappa shape index (κ3) is 8.19. The second-order valence-electron chi connectivity index (χ2n) is 9.10. The number of halogens is 1. The molecule has 2 heterocycles. The molecule has 3 aromatic carbocycles. The van der Waals surface area contributed by atoms with Crippen molar-refractivity contribution in [3.63, 3.8) is 0 Å². The SMILES string of the molecule is CC.Cc1ccc(-c2nc(C(C(C)c3ccccc3)N3C(=O)CNC3=O)[nH]c2Cl)cc1.OCCOc1ccccc1. The summed E-state index contributed by atoms with van der Waals surface area (Å²) in [6.45, 7) is 8.40. The van der Waals surface area contributed by atoms with Crippen molar-refractivity contribution in [3.8, 4) is 17.0 Å². The van der Waals surface area contributed by atoms with Crippen LogP contribution in [-0.4, -0.2) is 51.7 Å². The van der Waals surface area contributed by atoms with E-state index in [2.05, 4.69) is 10.3 Å². The van der Waals surface area contributed by atoms with E-state index in [1.807, 2.05) is 113 Å². The predicted octanol–water partition coefficient (Wildman–Crippen LogP) is 6.52. The van der Waals surface area contributed by atoms with Gasteiger partial charge in [-0.25, -0.2) is 9.78 Å². The molecule has 2 atom stereocenters. The Hall–Kier alpha value is -4.14. The van der Waals surface area contributed by atoms with Gasteiger partial charge >= 0.3 is 6.03 Å². The Labute approximate surface area is 246 Å². The lowest BCUT2D eigenvalue weighted by molar-refractivity contribution is -0.127. The zero-order chi connectivity index (χ0) is 29.8. The summed E-state index contributed by atoms with van der Waals surface area (Å²) in [4.78, 5) is 34.0. The van der Waals surface area contributed by atoms with Crippen LogP contribution in [0.15, 0.2) is 84.9 Å². The average Bonchev–Trinajstić information content (AvgIpc) is 3.56. The van der Waals surface area contributed by atoms with Gasteiger partial charge < -0.3 is 20.1 Å². The fourth-order valence-electron chi connectivity index (χ4n) is 4.33. The number of hydrogen-bond acceptors (Lipinski definition) is 5. The number of imidazole rings is 1. The van der Waals surface area contributed by atoms with Crippen LogP contribution in [0, 0.1) is 6.92 Å². The van der Waals surface area contributed by atoms with E-state index < -0.39 is 12.1 Å². The van der Waals surface area contributed by atoms with Gasteiger partial charge in [0.15, 0.2) is 0 Å². The summed E-state index contributed by atoms with van der Waals surface area (Å²) in [6.07, 6.45) is 0. The molecule has 1 saturated heterocycles. The van der Waals surface area contributed by atoms with Gasteiger partial charge in [0, 0.05) is 11.5 Å². The number of nitrogens with zero attached hydrogens (tertiary/aromatic N) is 2. The molecule has 1 aromatic heterocycles. The standard InChI is InChI=1S/C22H21ClN4O2.C8H10O2.C2H6/c1-13-8-10-16(11-9-13)18-20(23)26-21(25-18)19(27-17(28)12-24-22(27)29)14(2)15-6-4-3-5-7-15;9-6-7-10-8-4-2-1-3-5-8;1-2/h3-11,14,19H,12H2,1-2H3,(H,24,29)(H,25,26);1-5,9H,6-7H2;1-2H3. The van der Waals surface area contributed by atoms with Crippen LogP contribution in [0.4, 0.5) is 4.79 Å². The molecule has 1 aliphatic rings. The summed E-state index contributed by atoms with van der Waals surface area (Å²) in [5.41, 5.74) is 3.59. The van der Waals surface area contributed by atoms with Gasteiger partial charge in [0.1, 0.15) is 35.1 Å². The van der Waals surface area contributed by atoms with Gasteiger partial charge in [0.25, 0.3) is 5.91 Å². The molecule has 0 bridgehead atoms. The van der Waals surface area contributed by atoms with E-state index in [0.717, 1.165) is 22.4 Å². The highest BCUT2D eigenvalue weighted by Gasteiger charge is 2.41. The highest BCUT2D eigenvalue weighted by molar-refractivity contribution is 6.31. The number of nitrogens with one attached hydrogen (secondary N) is 2. The van der Waals surface area contributed by atoms with E-state index in [1.165, 1.54) is 4.90 Å². The third-order valence-corrected chi connectivity index (χ3v) is 6.62. The van der Waals surface area contributed by atoms with Crippen LogP contribution in [0.1, 0.15) is 49.7 Å². The highest BCUT2D eigenvalue weighted by atomic mass is 35.5. The summed E-state index contributed by atoms with van der Waals surface area (Å²) < 4.78 is 5.11. The number of ether oxygens (including phenoxy) is 1. The predicted molar refractivity (Wildman–Crippen MR) is 162 cm³/mol. The first-order valence-electron chi connectivity index (χ1n) is 13.6. The number of amides is 3. The Morgan fingerprint density at radius 3 is 2.15 bits per heavy atom. The number of rotatable bonds is 8. The number of aromatic nitrogens is 2. The van der Waals surface area contributed by atoms with E-state index in [9.17, 15) is 9.59 Å². The molecule has 9 heteroatoms. The Balaban J connectivity index is 0.000000324. The van der Waals surface area contributed by atoms with Gasteiger partial charge in [-0.05, 0) is 24.6 Å². The molecule has 0 saturated carbocycles. The van der Waals surface area contributed by atoms with E-state index in [0.29, 0.717) is 23.3 Å². The number of carbonyl (C=O) groups excluding carboxylic acids is 2. The highest BCUT2D eigenvalue weighted by Crippen LogP contribution is 2.38. The van der Waals surface area contributed by atoms with Crippen LogP contribution in [0.2, 0.25) is 5.15 Å². The number of carbonyl (C=O) groups is 2. The van der Waals surface area contributed by atoms with Gasteiger partial charge in [-0.1, -0.05) is 111 Å². The molecule has 41 heavy (non-hydrogen) atoms. The van der Waals surface area contributed by atoms with Crippen LogP contribution in [0.5, 0.6) is 5.75 Å². The van der Waals surface area contributed by atoms with Crippen molar-refractivity contribution in [1.29, 1.82) is 0 Å². The molecule has 1 aliphatic heterocycles. The van der Waals surface area contributed by atoms with E-state index in [-0.39, 0.29) is 25.0 Å². The van der Waals surface area contributed by atoms with E-state index in [1.54, 1.807) is 0 Å². The van der Waals surface area contributed by atoms with E-state index >= 15 is 0 Å². The van der Waals surface area contributed by atoms with Gasteiger partial charge in [-0.3, -0.25) is 9.69 Å². The van der Waals surface area contributed by atoms with Crippen molar-refractivity contribution in [1.82, 2.24) is 20.2 Å². The number of H-pyrrole nitrogens is 1. The molecule has 2 unspecified atom stereocenters. The van der Waals surface area contributed by atoms with Crippen LogP contribution in [-0.2, 0) is 4.79 Å². The summed E-state index contributed by atoms with van der Waals surface area (Å²) in [5.74, 6) is 0.813. The first kappa shape index (κ1) is 31.4. The number of benzene rings is 3. The van der Waals surface area contributed by atoms with Crippen LogP contribution < -0.4 is 10.1 Å². The monoisotopic (exact) mass is 576 g/mol. The molecule has 3 amide bonds. The quantitative estimate of drug-likeness (QED) is 0.207. The minimum atomic E-state index is -0.607. The second-order valence-corrected chi connectivity index (χ2v) is 9.48. The largest absolute Gasteiger partial charge is 0.491 e. The van der Waals surface area contributed by atoms with Crippen molar-refractivity contribution in [2.45, 2.75) is 39.7 Å². The molecule has 0 aliphatic carbocycles. The maximum atomic E-state index is 12.5. The van der Waals surface area contributed by atoms with Gasteiger partial charge in [-0.2, -0.15) is 0 Å². The number of hydrogen-bond donors (Lipinski definition) is 3. The topological polar surface area (TPSA) is 108 Å². The molecule has 5 rings (SSSR count). The number of para-hydroxylation sites is 1. The minimum Gasteiger partial charge on any atom is -0.491 e. The zero-order valence-electron chi connectivity index (χ0n) is 23.8. The molecule has 4 aromatic rings. The van der Waals surface area contributed by atoms with Crippen LogP contribution in [0.3, 0.4) is 0 Å². The lowest BCUT2D eigenvalue weighted by atomic mass is 9.91. The summed E-state index contributed by atoms with van der Waals surface area (Å²) in [6, 6.07) is 26.0. The molecular formula is C32H37ClN4O4. The lowest BCUT2D eigenvalue weighted by Crippen LogP contribution is -2.38. The third-order valence-electron chi connectivity index (χ3n) is 6.34. The van der Waals surface area contributed by atoms with Crippen molar-refractivity contribution in [2.75, 3.05) is 19.8 Å². The first-order valence-corrected chi connectivity index (χ1v) is 14.0. The Morgan fingerprint density at radius 1 is 0.976 bits per heavy atom. The van der Waals surface area contributed by atoms with Crippen molar-refractivity contribution in [3.05, 3.63) is 107 Å². The maximum absolute atomic E-state index is 12.5. The van der Waals surface area contributed by atoms with Crippen molar-refractivity contribution < 1.29 is 19.4 Å². The van der Waals surface area contributed by atoms with Gasteiger partial charge in [-0.15, -0.1) is 0 Å². The van der Waals surface area contributed by atoms with Gasteiger partial charge in [0.05, 0.1) is 13.2 Å². The minimum absolute atomic E-state index is 0.0178. The molecule has 1 fully saturated rings. The normalized spacial score (nSPS) is 13.8. The molecule has 8 nitrogen and oxygen atoms in total. The first-order chi connectivity index (χ1) is 19.9. The number of imide groups is 1. The molecular weight excluding hydrogens is 540 g/mol. The summed E-state index contributed by atoms with van der Waals surface area (Å²) in [5, 5.41) is 11.4. The smallest absolute Gasteiger partial charge is 0.325 e. The number of aromatic amines is 1. The van der Waals surface area contributed by atoms with Crippen molar-refractivity contribution in [2.24, 2.45) is 0 Å². The fourth-order valence-corrected chi connectivity index (χ4v) is 4.58. The molecule has 0 spiro atoms. The molecule has 216 valence electrons. The van der Waals surface area contributed by atoms with Crippen LogP contribution >= 0.6 is 11.6 Å². The lowest BCUT2D eigenvalue weighted by Gasteiger charge is -2.29. The van der Waals surface area contributed by atoms with E-state index in [4.69, 9.17) is 26.4 Å². The number of urea groups is 1. The summed E-state index contributed by atoms with van der Waals surface area (Å²) >= 11 is 6.47. The zero-order valence-corrected chi connectivity index (χ0v) is 24.6. The average molecular weight is 577 g/mol. The number of aliphatic hydroxyl groups is 1. The number of aryl methyl sites for hydroxylation is 1. The maximum Gasteiger partial charge on any atom is 0.325 e. The van der Waals surface area contributed by atoms with Gasteiger partial charge in [0.2, 0.25) is 0 Å².